The summed E-state index contributed by atoms with van der Waals surface area (Å²) in [5.41, 5.74) is 1.48. The van der Waals surface area contributed by atoms with Crippen molar-refractivity contribution in [1.82, 2.24) is 5.32 Å². The second-order valence-electron chi connectivity index (χ2n) is 7.11. The highest BCUT2D eigenvalue weighted by molar-refractivity contribution is 7.92. The van der Waals surface area contributed by atoms with E-state index in [1.54, 1.807) is 30.3 Å². The monoisotopic (exact) mass is 458 g/mol. The van der Waals surface area contributed by atoms with Crippen molar-refractivity contribution in [3.8, 4) is 5.75 Å². The van der Waals surface area contributed by atoms with E-state index < -0.39 is 15.9 Å². The van der Waals surface area contributed by atoms with E-state index in [9.17, 15) is 13.2 Å². The van der Waals surface area contributed by atoms with Gasteiger partial charge in [-0.05, 0) is 61.9 Å². The number of sulfonamides is 1. The zero-order chi connectivity index (χ0) is 22.4. The summed E-state index contributed by atoms with van der Waals surface area (Å²) in [6, 6.07) is 20.0. The molecule has 0 aliphatic carbocycles. The van der Waals surface area contributed by atoms with Crippen LogP contribution >= 0.6 is 11.6 Å². The molecule has 0 spiro atoms. The molecule has 3 rings (SSSR count). The van der Waals surface area contributed by atoms with Gasteiger partial charge in [-0.15, -0.1) is 0 Å². The van der Waals surface area contributed by atoms with Crippen LogP contribution < -0.4 is 14.8 Å². The summed E-state index contributed by atoms with van der Waals surface area (Å²) in [5, 5.41) is 2.81. The second-order valence-corrected chi connectivity index (χ2v) is 9.17. The van der Waals surface area contributed by atoms with E-state index in [2.05, 4.69) is 10.0 Å². The van der Waals surface area contributed by atoms with Gasteiger partial charge >= 0.3 is 0 Å². The van der Waals surface area contributed by atoms with Gasteiger partial charge in [0.25, 0.3) is 15.9 Å². The molecule has 3 aromatic rings. The summed E-state index contributed by atoms with van der Waals surface area (Å²) in [4.78, 5) is 12.4. The van der Waals surface area contributed by atoms with Crippen LogP contribution in [-0.2, 0) is 16.6 Å². The van der Waals surface area contributed by atoms with Crippen molar-refractivity contribution >= 4 is 33.2 Å². The third-order valence-corrected chi connectivity index (χ3v) is 6.12. The second kappa shape index (κ2) is 9.85. The quantitative estimate of drug-likeness (QED) is 0.505. The Labute approximate surface area is 187 Å². The largest absolute Gasteiger partial charge is 0.491 e. The highest BCUT2D eigenvalue weighted by atomic mass is 35.5. The van der Waals surface area contributed by atoms with Gasteiger partial charge in [0, 0.05) is 17.8 Å². The number of carbonyl (C=O) groups excluding carboxylic acids is 1. The average Bonchev–Trinajstić information content (AvgIpc) is 2.73. The van der Waals surface area contributed by atoms with Gasteiger partial charge in [-0.3, -0.25) is 9.52 Å². The van der Waals surface area contributed by atoms with Gasteiger partial charge in [-0.2, -0.15) is 0 Å². The van der Waals surface area contributed by atoms with Crippen molar-refractivity contribution in [2.24, 2.45) is 0 Å². The van der Waals surface area contributed by atoms with E-state index in [0.29, 0.717) is 5.69 Å². The van der Waals surface area contributed by atoms with Crippen LogP contribution in [0.2, 0.25) is 5.02 Å². The number of ether oxygens (including phenoxy) is 1. The molecule has 162 valence electrons. The molecule has 0 fully saturated rings. The molecular formula is C23H23ClN2O4S. The van der Waals surface area contributed by atoms with Crippen molar-refractivity contribution in [2.45, 2.75) is 31.4 Å². The van der Waals surface area contributed by atoms with Gasteiger partial charge < -0.3 is 10.1 Å². The zero-order valence-electron chi connectivity index (χ0n) is 17.1. The normalized spacial score (nSPS) is 11.2. The van der Waals surface area contributed by atoms with Crippen molar-refractivity contribution < 1.29 is 17.9 Å². The Morgan fingerprint density at radius 1 is 1.00 bits per heavy atom. The Balaban J connectivity index is 1.71. The molecule has 0 aliphatic heterocycles. The van der Waals surface area contributed by atoms with Crippen LogP contribution in [0, 0.1) is 0 Å². The van der Waals surface area contributed by atoms with Crippen molar-refractivity contribution in [2.75, 3.05) is 4.72 Å². The Bertz CT molecular complexity index is 1150. The van der Waals surface area contributed by atoms with E-state index in [4.69, 9.17) is 16.3 Å². The summed E-state index contributed by atoms with van der Waals surface area (Å²) in [6.45, 7) is 4.18. The lowest BCUT2D eigenvalue weighted by Crippen LogP contribution is -2.23. The lowest BCUT2D eigenvalue weighted by Gasteiger charge is -2.12. The SMILES string of the molecule is CC(C)Oc1ccc(CNC(=O)c2ccc(Cl)c(S(=O)(=O)Nc3ccccc3)c2)cc1. The molecule has 0 bridgehead atoms. The Hall–Kier alpha value is -3.03. The summed E-state index contributed by atoms with van der Waals surface area (Å²) < 4.78 is 33.6. The minimum Gasteiger partial charge on any atom is -0.491 e. The summed E-state index contributed by atoms with van der Waals surface area (Å²) in [7, 11) is -3.96. The number of hydrogen-bond acceptors (Lipinski definition) is 4. The molecule has 6 nitrogen and oxygen atoms in total. The zero-order valence-corrected chi connectivity index (χ0v) is 18.7. The number of benzene rings is 3. The van der Waals surface area contributed by atoms with Crippen LogP contribution in [0.25, 0.3) is 0 Å². The Morgan fingerprint density at radius 2 is 1.68 bits per heavy atom. The number of amides is 1. The van der Waals surface area contributed by atoms with Crippen LogP contribution in [-0.4, -0.2) is 20.4 Å². The Morgan fingerprint density at radius 3 is 2.32 bits per heavy atom. The standard InChI is InChI=1S/C23H23ClN2O4S/c1-16(2)30-20-11-8-17(9-12-20)15-25-23(27)18-10-13-21(24)22(14-18)31(28,29)26-19-6-4-3-5-7-19/h3-14,16,26H,15H2,1-2H3,(H,25,27). The van der Waals surface area contributed by atoms with E-state index >= 15 is 0 Å². The predicted octanol–water partition coefficient (Wildman–Crippen LogP) is 4.86. The molecule has 0 radical (unpaired) electrons. The van der Waals surface area contributed by atoms with Gasteiger partial charge in [0.15, 0.2) is 0 Å². The first kappa shape index (κ1) is 22.7. The molecule has 31 heavy (non-hydrogen) atoms. The number of carbonyl (C=O) groups is 1. The van der Waals surface area contributed by atoms with Crippen LogP contribution in [0.3, 0.4) is 0 Å². The molecule has 2 N–H and O–H groups in total. The van der Waals surface area contributed by atoms with Gasteiger partial charge in [0.2, 0.25) is 0 Å². The fourth-order valence-corrected chi connectivity index (χ4v) is 4.39. The molecule has 8 heteroatoms. The number of para-hydroxylation sites is 1. The molecule has 0 aromatic heterocycles. The number of nitrogens with one attached hydrogen (secondary N) is 2. The van der Waals surface area contributed by atoms with Gasteiger partial charge in [0.05, 0.1) is 11.1 Å². The van der Waals surface area contributed by atoms with E-state index in [1.165, 1.54) is 18.2 Å². The molecule has 0 atom stereocenters. The predicted molar refractivity (Wildman–Crippen MR) is 122 cm³/mol. The van der Waals surface area contributed by atoms with Gasteiger partial charge in [0.1, 0.15) is 10.6 Å². The minimum absolute atomic E-state index is 0.0284. The first-order chi connectivity index (χ1) is 14.7. The van der Waals surface area contributed by atoms with Crippen LogP contribution in [0.5, 0.6) is 5.75 Å². The maximum absolute atomic E-state index is 12.7. The average molecular weight is 459 g/mol. The van der Waals surface area contributed by atoms with Crippen LogP contribution in [0.1, 0.15) is 29.8 Å². The summed E-state index contributed by atoms with van der Waals surface area (Å²) in [6.07, 6.45) is 0.0808. The van der Waals surface area contributed by atoms with Gasteiger partial charge in [-0.1, -0.05) is 41.9 Å². The molecular weight excluding hydrogens is 436 g/mol. The van der Waals surface area contributed by atoms with E-state index in [-0.39, 0.29) is 28.1 Å². The first-order valence-corrected chi connectivity index (χ1v) is 11.5. The summed E-state index contributed by atoms with van der Waals surface area (Å²) >= 11 is 6.11. The van der Waals surface area contributed by atoms with E-state index in [1.807, 2.05) is 38.1 Å². The van der Waals surface area contributed by atoms with Crippen LogP contribution in [0.15, 0.2) is 77.7 Å². The highest BCUT2D eigenvalue weighted by Gasteiger charge is 2.20. The van der Waals surface area contributed by atoms with Crippen molar-refractivity contribution in [3.05, 3.63) is 88.9 Å². The maximum Gasteiger partial charge on any atom is 0.263 e. The number of halogens is 1. The number of rotatable bonds is 8. The fourth-order valence-electron chi connectivity index (χ4n) is 2.81. The third kappa shape index (κ3) is 6.23. The number of hydrogen-bond donors (Lipinski definition) is 2. The molecule has 0 unspecified atom stereocenters. The lowest BCUT2D eigenvalue weighted by molar-refractivity contribution is 0.0950. The molecule has 3 aromatic carbocycles. The van der Waals surface area contributed by atoms with Gasteiger partial charge in [-0.25, -0.2) is 8.42 Å². The molecule has 0 saturated heterocycles. The fraction of sp³-hybridized carbons (Fsp3) is 0.174. The molecule has 0 heterocycles. The van der Waals surface area contributed by atoms with Crippen molar-refractivity contribution in [3.63, 3.8) is 0 Å². The smallest absolute Gasteiger partial charge is 0.263 e. The van der Waals surface area contributed by atoms with Crippen molar-refractivity contribution in [1.29, 1.82) is 0 Å². The minimum atomic E-state index is -3.96. The molecule has 0 saturated carbocycles. The van der Waals surface area contributed by atoms with Crippen LogP contribution in [0.4, 0.5) is 5.69 Å². The lowest BCUT2D eigenvalue weighted by atomic mass is 10.2. The molecule has 0 aliphatic rings. The topological polar surface area (TPSA) is 84.5 Å². The van der Waals surface area contributed by atoms with E-state index in [0.717, 1.165) is 11.3 Å². The first-order valence-electron chi connectivity index (χ1n) is 9.66. The summed E-state index contributed by atoms with van der Waals surface area (Å²) in [5.74, 6) is 0.346. The molecule has 1 amide bonds. The maximum atomic E-state index is 12.7. The third-order valence-electron chi connectivity index (χ3n) is 4.26. The number of anilines is 1. The highest BCUT2D eigenvalue weighted by Crippen LogP contribution is 2.25. The Kier molecular flexibility index (Phi) is 7.20.